The van der Waals surface area contributed by atoms with Gasteiger partial charge in [-0.3, -0.25) is 0 Å². The quantitative estimate of drug-likeness (QED) is 0.912. The van der Waals surface area contributed by atoms with Gasteiger partial charge in [-0.1, -0.05) is 18.2 Å². The Kier molecular flexibility index (Phi) is 4.29. The first-order valence-electron chi connectivity index (χ1n) is 6.43. The average molecular weight is 308 g/mol. The molecule has 2 aromatic carbocycles. The summed E-state index contributed by atoms with van der Waals surface area (Å²) in [6.07, 6.45) is 0. The van der Waals surface area contributed by atoms with Crippen molar-refractivity contribution < 1.29 is 12.8 Å². The molecule has 0 amide bonds. The molecule has 112 valence electrons. The first kappa shape index (κ1) is 15.5. The van der Waals surface area contributed by atoms with Crippen LogP contribution in [0.1, 0.15) is 24.1 Å². The molecule has 4 nitrogen and oxygen atoms in total. The van der Waals surface area contributed by atoms with E-state index in [-0.39, 0.29) is 16.8 Å². The minimum absolute atomic E-state index is 0.0693. The molecule has 0 fully saturated rings. The van der Waals surface area contributed by atoms with Crippen molar-refractivity contribution in [3.05, 3.63) is 59.4 Å². The van der Waals surface area contributed by atoms with E-state index in [1.165, 1.54) is 18.2 Å². The van der Waals surface area contributed by atoms with Crippen molar-refractivity contribution in [2.45, 2.75) is 24.8 Å². The van der Waals surface area contributed by atoms with E-state index in [1.807, 2.05) is 6.92 Å². The second-order valence-corrected chi connectivity index (χ2v) is 6.51. The zero-order valence-corrected chi connectivity index (χ0v) is 12.6. The summed E-state index contributed by atoms with van der Waals surface area (Å²) in [5.74, 6) is -0.267. The molecule has 0 saturated heterocycles. The molecule has 0 saturated carbocycles. The highest BCUT2D eigenvalue weighted by atomic mass is 32.2. The van der Waals surface area contributed by atoms with Crippen LogP contribution in [0.25, 0.3) is 0 Å². The van der Waals surface area contributed by atoms with Gasteiger partial charge in [0.15, 0.2) is 0 Å². The molecule has 1 atom stereocenters. The first-order chi connectivity index (χ1) is 9.77. The molecule has 6 heteroatoms. The zero-order valence-electron chi connectivity index (χ0n) is 11.8. The summed E-state index contributed by atoms with van der Waals surface area (Å²) in [5, 5.41) is 8.22. The van der Waals surface area contributed by atoms with Crippen molar-refractivity contribution in [3.8, 4) is 0 Å². The van der Waals surface area contributed by atoms with Gasteiger partial charge in [0.2, 0.25) is 10.0 Å². The molecular weight excluding hydrogens is 291 g/mol. The molecule has 0 heterocycles. The van der Waals surface area contributed by atoms with Crippen LogP contribution < -0.4 is 10.5 Å². The fourth-order valence-corrected chi connectivity index (χ4v) is 2.48. The van der Waals surface area contributed by atoms with Crippen LogP contribution in [-0.4, -0.2) is 8.42 Å². The Morgan fingerprint density at radius 1 is 1.14 bits per heavy atom. The highest BCUT2D eigenvalue weighted by Crippen LogP contribution is 2.22. The van der Waals surface area contributed by atoms with Gasteiger partial charge in [0, 0.05) is 11.7 Å². The van der Waals surface area contributed by atoms with Crippen molar-refractivity contribution >= 4 is 15.7 Å². The van der Waals surface area contributed by atoms with Crippen LogP contribution in [0.3, 0.4) is 0 Å². The summed E-state index contributed by atoms with van der Waals surface area (Å²) in [6.45, 7) is 3.61. The number of rotatable bonds is 4. The van der Waals surface area contributed by atoms with Crippen molar-refractivity contribution in [2.24, 2.45) is 5.14 Å². The van der Waals surface area contributed by atoms with Crippen molar-refractivity contribution in [1.29, 1.82) is 0 Å². The number of primary sulfonamides is 1. The minimum atomic E-state index is -3.68. The highest BCUT2D eigenvalue weighted by molar-refractivity contribution is 7.89. The number of hydrogen-bond acceptors (Lipinski definition) is 3. The van der Waals surface area contributed by atoms with Gasteiger partial charge in [-0.05, 0) is 49.2 Å². The number of hydrogen-bond donors (Lipinski definition) is 2. The van der Waals surface area contributed by atoms with Crippen LogP contribution in [0.15, 0.2) is 47.4 Å². The summed E-state index contributed by atoms with van der Waals surface area (Å²) in [6, 6.07) is 11.1. The normalized spacial score (nSPS) is 13.0. The molecule has 0 aliphatic carbocycles. The van der Waals surface area contributed by atoms with E-state index < -0.39 is 10.0 Å². The second kappa shape index (κ2) is 5.83. The Bertz CT molecular complexity index is 743. The molecule has 0 spiro atoms. The van der Waals surface area contributed by atoms with E-state index in [0.29, 0.717) is 11.3 Å². The number of nitrogens with two attached hydrogens (primary N) is 1. The van der Waals surface area contributed by atoms with Gasteiger partial charge < -0.3 is 5.32 Å². The van der Waals surface area contributed by atoms with Gasteiger partial charge >= 0.3 is 0 Å². The van der Waals surface area contributed by atoms with Crippen LogP contribution in [0.5, 0.6) is 0 Å². The molecule has 0 aliphatic heterocycles. The Morgan fingerprint density at radius 2 is 1.76 bits per heavy atom. The van der Waals surface area contributed by atoms with Crippen LogP contribution in [0, 0.1) is 12.7 Å². The standard InChI is InChI=1S/C15H17FN2O2S/c1-10-3-6-13(9-15(10)16)18-11(2)12-4-7-14(8-5-12)21(17,19)20/h3-9,11,18H,1-2H3,(H2,17,19,20). The van der Waals surface area contributed by atoms with E-state index >= 15 is 0 Å². The van der Waals surface area contributed by atoms with E-state index in [0.717, 1.165) is 5.56 Å². The predicted octanol–water partition coefficient (Wildman–Crippen LogP) is 2.95. The number of sulfonamides is 1. The molecule has 21 heavy (non-hydrogen) atoms. The molecule has 0 aliphatic rings. The summed E-state index contributed by atoms with van der Waals surface area (Å²) in [4.78, 5) is 0.0693. The lowest BCUT2D eigenvalue weighted by molar-refractivity contribution is 0.597. The van der Waals surface area contributed by atoms with Gasteiger partial charge in [0.05, 0.1) is 4.90 Å². The van der Waals surface area contributed by atoms with Gasteiger partial charge in [0.1, 0.15) is 5.82 Å². The number of nitrogens with one attached hydrogen (secondary N) is 1. The molecule has 0 radical (unpaired) electrons. The van der Waals surface area contributed by atoms with E-state index in [4.69, 9.17) is 5.14 Å². The fourth-order valence-electron chi connectivity index (χ4n) is 1.96. The Balaban J connectivity index is 2.16. The lowest BCUT2D eigenvalue weighted by Crippen LogP contribution is -2.12. The highest BCUT2D eigenvalue weighted by Gasteiger charge is 2.10. The van der Waals surface area contributed by atoms with Gasteiger partial charge in [-0.2, -0.15) is 0 Å². The molecule has 3 N–H and O–H groups in total. The maximum Gasteiger partial charge on any atom is 0.238 e. The van der Waals surface area contributed by atoms with Crippen molar-refractivity contribution in [2.75, 3.05) is 5.32 Å². The third-order valence-electron chi connectivity index (χ3n) is 3.26. The van der Waals surface area contributed by atoms with Crippen LogP contribution in [0.2, 0.25) is 0 Å². The van der Waals surface area contributed by atoms with Gasteiger partial charge in [-0.25, -0.2) is 17.9 Å². The van der Waals surface area contributed by atoms with Gasteiger partial charge in [0.25, 0.3) is 0 Å². The Hall–Kier alpha value is -1.92. The summed E-state index contributed by atoms with van der Waals surface area (Å²) >= 11 is 0. The predicted molar refractivity (Wildman–Crippen MR) is 81.0 cm³/mol. The van der Waals surface area contributed by atoms with Crippen LogP contribution in [0.4, 0.5) is 10.1 Å². The summed E-state index contributed by atoms with van der Waals surface area (Å²) in [5.41, 5.74) is 2.13. The largest absolute Gasteiger partial charge is 0.378 e. The molecular formula is C15H17FN2O2S. The smallest absolute Gasteiger partial charge is 0.238 e. The van der Waals surface area contributed by atoms with Gasteiger partial charge in [-0.15, -0.1) is 0 Å². The Morgan fingerprint density at radius 3 is 2.29 bits per heavy atom. The topological polar surface area (TPSA) is 72.2 Å². The SMILES string of the molecule is Cc1ccc(NC(C)c2ccc(S(N)(=O)=O)cc2)cc1F. The van der Waals surface area contributed by atoms with Crippen LogP contribution in [-0.2, 0) is 10.0 Å². The maximum absolute atomic E-state index is 13.5. The summed E-state index contributed by atoms with van der Waals surface area (Å²) < 4.78 is 35.9. The van der Waals surface area contributed by atoms with Crippen LogP contribution >= 0.6 is 0 Å². The third-order valence-corrected chi connectivity index (χ3v) is 4.19. The maximum atomic E-state index is 13.5. The third kappa shape index (κ3) is 3.80. The second-order valence-electron chi connectivity index (χ2n) is 4.94. The molecule has 2 aromatic rings. The molecule has 1 unspecified atom stereocenters. The zero-order chi connectivity index (χ0) is 15.6. The minimum Gasteiger partial charge on any atom is -0.378 e. The molecule has 2 rings (SSSR count). The molecule has 0 bridgehead atoms. The number of benzene rings is 2. The monoisotopic (exact) mass is 308 g/mol. The Labute approximate surface area is 123 Å². The first-order valence-corrected chi connectivity index (χ1v) is 7.97. The van der Waals surface area contributed by atoms with E-state index in [9.17, 15) is 12.8 Å². The van der Waals surface area contributed by atoms with Crippen molar-refractivity contribution in [1.82, 2.24) is 0 Å². The lowest BCUT2D eigenvalue weighted by Gasteiger charge is -2.16. The number of halogens is 1. The molecule has 0 aromatic heterocycles. The van der Waals surface area contributed by atoms with Crippen molar-refractivity contribution in [3.63, 3.8) is 0 Å². The average Bonchev–Trinajstić information content (AvgIpc) is 2.42. The summed E-state index contributed by atoms with van der Waals surface area (Å²) in [7, 11) is -3.68. The van der Waals surface area contributed by atoms with E-state index in [2.05, 4.69) is 5.32 Å². The fraction of sp³-hybridized carbons (Fsp3) is 0.200. The van der Waals surface area contributed by atoms with E-state index in [1.54, 1.807) is 31.2 Å². The lowest BCUT2D eigenvalue weighted by atomic mass is 10.1. The number of aryl methyl sites for hydroxylation is 1. The number of anilines is 1.